The van der Waals surface area contributed by atoms with E-state index in [1.807, 2.05) is 56.3 Å². The van der Waals surface area contributed by atoms with Crippen LogP contribution in [0.2, 0.25) is 0 Å². The minimum atomic E-state index is -0.143. The van der Waals surface area contributed by atoms with Gasteiger partial charge < -0.3 is 15.0 Å². The van der Waals surface area contributed by atoms with E-state index >= 15 is 0 Å². The normalized spacial score (nSPS) is 10.1. The molecule has 116 valence electrons. The number of rotatable bonds is 5. The third-order valence-electron chi connectivity index (χ3n) is 3.26. The van der Waals surface area contributed by atoms with Crippen LogP contribution in [0.25, 0.3) is 0 Å². The van der Waals surface area contributed by atoms with Gasteiger partial charge in [0.25, 0.3) is 0 Å². The van der Waals surface area contributed by atoms with Gasteiger partial charge in [0.2, 0.25) is 0 Å². The quantitative estimate of drug-likeness (QED) is 0.911. The molecule has 0 aliphatic heterocycles. The fraction of sp³-hybridized carbons (Fsp3) is 0.278. The number of anilines is 1. The first-order valence-electron chi connectivity index (χ1n) is 7.33. The van der Waals surface area contributed by atoms with Crippen molar-refractivity contribution in [2.45, 2.75) is 13.8 Å². The van der Waals surface area contributed by atoms with E-state index in [9.17, 15) is 4.79 Å². The molecule has 0 aliphatic rings. The minimum Gasteiger partial charge on any atom is -0.492 e. The standard InChI is InChI=1S/C18H22N2O2/c1-14-11-15(2)13-17(12-14)22-10-9-20(3)18(21)19-16-7-5-4-6-8-16/h4-8,11-13H,9-10H2,1-3H3,(H,19,21). The first-order chi connectivity index (χ1) is 10.5. The van der Waals surface area contributed by atoms with Gasteiger partial charge in [0.1, 0.15) is 12.4 Å². The van der Waals surface area contributed by atoms with Crippen molar-refractivity contribution in [3.05, 3.63) is 59.7 Å². The van der Waals surface area contributed by atoms with E-state index in [0.29, 0.717) is 13.2 Å². The lowest BCUT2D eigenvalue weighted by Gasteiger charge is -2.18. The van der Waals surface area contributed by atoms with E-state index in [1.54, 1.807) is 11.9 Å². The molecule has 4 nitrogen and oxygen atoms in total. The zero-order valence-electron chi connectivity index (χ0n) is 13.3. The maximum atomic E-state index is 12.0. The van der Waals surface area contributed by atoms with Gasteiger partial charge in [0.05, 0.1) is 6.54 Å². The fourth-order valence-electron chi connectivity index (χ4n) is 2.16. The second kappa shape index (κ2) is 7.50. The molecule has 22 heavy (non-hydrogen) atoms. The van der Waals surface area contributed by atoms with Crippen LogP contribution in [0.15, 0.2) is 48.5 Å². The number of aryl methyl sites for hydroxylation is 2. The molecule has 2 amide bonds. The highest BCUT2D eigenvalue weighted by Gasteiger charge is 2.08. The van der Waals surface area contributed by atoms with Crippen molar-refractivity contribution in [1.82, 2.24) is 4.90 Å². The molecule has 0 fully saturated rings. The highest BCUT2D eigenvalue weighted by molar-refractivity contribution is 5.89. The van der Waals surface area contributed by atoms with Gasteiger partial charge in [0.15, 0.2) is 0 Å². The summed E-state index contributed by atoms with van der Waals surface area (Å²) in [7, 11) is 1.75. The van der Waals surface area contributed by atoms with Gasteiger partial charge >= 0.3 is 6.03 Å². The Hall–Kier alpha value is -2.49. The van der Waals surface area contributed by atoms with Gasteiger partial charge in [-0.2, -0.15) is 0 Å². The van der Waals surface area contributed by atoms with E-state index in [0.717, 1.165) is 11.4 Å². The van der Waals surface area contributed by atoms with Crippen LogP contribution in [0, 0.1) is 13.8 Å². The summed E-state index contributed by atoms with van der Waals surface area (Å²) in [6.45, 7) is 5.06. The summed E-state index contributed by atoms with van der Waals surface area (Å²) in [6.07, 6.45) is 0. The van der Waals surface area contributed by atoms with Crippen LogP contribution >= 0.6 is 0 Å². The monoisotopic (exact) mass is 298 g/mol. The van der Waals surface area contributed by atoms with Gasteiger partial charge in [-0.25, -0.2) is 4.79 Å². The number of amides is 2. The van der Waals surface area contributed by atoms with Crippen LogP contribution in [0.5, 0.6) is 5.75 Å². The van der Waals surface area contributed by atoms with Crippen LogP contribution < -0.4 is 10.1 Å². The number of nitrogens with one attached hydrogen (secondary N) is 1. The Balaban J connectivity index is 1.79. The predicted octanol–water partition coefficient (Wildman–Crippen LogP) is 3.85. The molecule has 0 saturated heterocycles. The maximum Gasteiger partial charge on any atom is 0.321 e. The lowest BCUT2D eigenvalue weighted by Crippen LogP contribution is -2.34. The lowest BCUT2D eigenvalue weighted by atomic mass is 10.1. The molecule has 0 bridgehead atoms. The van der Waals surface area contributed by atoms with Gasteiger partial charge in [-0.15, -0.1) is 0 Å². The summed E-state index contributed by atoms with van der Waals surface area (Å²) in [5, 5.41) is 2.84. The van der Waals surface area contributed by atoms with Crippen molar-refractivity contribution >= 4 is 11.7 Å². The number of nitrogens with zero attached hydrogens (tertiary/aromatic N) is 1. The zero-order chi connectivity index (χ0) is 15.9. The number of urea groups is 1. The Labute approximate surface area is 131 Å². The highest BCUT2D eigenvalue weighted by Crippen LogP contribution is 2.16. The Kier molecular flexibility index (Phi) is 5.42. The molecule has 0 saturated carbocycles. The van der Waals surface area contributed by atoms with Crippen LogP contribution in [0.4, 0.5) is 10.5 Å². The lowest BCUT2D eigenvalue weighted by molar-refractivity contribution is 0.207. The summed E-state index contributed by atoms with van der Waals surface area (Å²) >= 11 is 0. The number of hydrogen-bond acceptors (Lipinski definition) is 2. The molecule has 2 aromatic rings. The van der Waals surface area contributed by atoms with Crippen molar-refractivity contribution in [2.24, 2.45) is 0 Å². The van der Waals surface area contributed by atoms with Crippen molar-refractivity contribution in [2.75, 3.05) is 25.5 Å². The average molecular weight is 298 g/mol. The Morgan fingerprint density at radius 2 is 1.73 bits per heavy atom. The molecule has 4 heteroatoms. The molecule has 0 radical (unpaired) electrons. The summed E-state index contributed by atoms with van der Waals surface area (Å²) in [4.78, 5) is 13.6. The summed E-state index contributed by atoms with van der Waals surface area (Å²) < 4.78 is 5.72. The molecule has 0 aliphatic carbocycles. The van der Waals surface area contributed by atoms with Crippen molar-refractivity contribution in [3.63, 3.8) is 0 Å². The van der Waals surface area contributed by atoms with Crippen molar-refractivity contribution in [3.8, 4) is 5.75 Å². The van der Waals surface area contributed by atoms with Crippen molar-refractivity contribution in [1.29, 1.82) is 0 Å². The molecular formula is C18H22N2O2. The Bertz CT molecular complexity index is 606. The van der Waals surface area contributed by atoms with Gasteiger partial charge in [-0.1, -0.05) is 24.3 Å². The number of carbonyl (C=O) groups excluding carboxylic acids is 1. The fourth-order valence-corrected chi connectivity index (χ4v) is 2.16. The molecule has 1 N–H and O–H groups in total. The number of carbonyl (C=O) groups is 1. The highest BCUT2D eigenvalue weighted by atomic mass is 16.5. The second-order valence-electron chi connectivity index (χ2n) is 5.39. The molecular weight excluding hydrogens is 276 g/mol. The second-order valence-corrected chi connectivity index (χ2v) is 5.39. The molecule has 0 unspecified atom stereocenters. The van der Waals surface area contributed by atoms with E-state index in [4.69, 9.17) is 4.74 Å². The summed E-state index contributed by atoms with van der Waals surface area (Å²) in [6, 6.07) is 15.4. The summed E-state index contributed by atoms with van der Waals surface area (Å²) in [5.41, 5.74) is 3.13. The summed E-state index contributed by atoms with van der Waals surface area (Å²) in [5.74, 6) is 0.842. The number of para-hydroxylation sites is 1. The topological polar surface area (TPSA) is 41.6 Å². The van der Waals surface area contributed by atoms with Gasteiger partial charge in [0, 0.05) is 12.7 Å². The van der Waals surface area contributed by atoms with Crippen LogP contribution in [-0.4, -0.2) is 31.1 Å². The number of likely N-dealkylation sites (N-methyl/N-ethyl adjacent to an activating group) is 1. The third-order valence-corrected chi connectivity index (χ3v) is 3.26. The molecule has 0 heterocycles. The molecule has 0 spiro atoms. The predicted molar refractivity (Wildman–Crippen MR) is 89.5 cm³/mol. The SMILES string of the molecule is Cc1cc(C)cc(OCCN(C)C(=O)Nc2ccccc2)c1. The van der Waals surface area contributed by atoms with E-state index in [1.165, 1.54) is 11.1 Å². The van der Waals surface area contributed by atoms with Gasteiger partial charge in [-0.05, 0) is 49.2 Å². The average Bonchev–Trinajstić information content (AvgIpc) is 2.47. The third kappa shape index (κ3) is 4.81. The first kappa shape index (κ1) is 15.9. The van der Waals surface area contributed by atoms with Crippen LogP contribution in [0.3, 0.4) is 0 Å². The molecule has 2 aromatic carbocycles. The minimum absolute atomic E-state index is 0.143. The molecule has 0 aromatic heterocycles. The first-order valence-corrected chi connectivity index (χ1v) is 7.33. The maximum absolute atomic E-state index is 12.0. The number of benzene rings is 2. The Morgan fingerprint density at radius 1 is 1.09 bits per heavy atom. The number of ether oxygens (including phenoxy) is 1. The van der Waals surface area contributed by atoms with Crippen LogP contribution in [-0.2, 0) is 0 Å². The molecule has 2 rings (SSSR count). The van der Waals surface area contributed by atoms with Gasteiger partial charge in [-0.3, -0.25) is 0 Å². The molecule has 0 atom stereocenters. The smallest absolute Gasteiger partial charge is 0.321 e. The van der Waals surface area contributed by atoms with Crippen molar-refractivity contribution < 1.29 is 9.53 Å². The Morgan fingerprint density at radius 3 is 2.36 bits per heavy atom. The zero-order valence-corrected chi connectivity index (χ0v) is 13.3. The largest absolute Gasteiger partial charge is 0.492 e. The van der Waals surface area contributed by atoms with E-state index < -0.39 is 0 Å². The van der Waals surface area contributed by atoms with E-state index in [2.05, 4.69) is 11.4 Å². The number of hydrogen-bond donors (Lipinski definition) is 1. The van der Waals surface area contributed by atoms with E-state index in [-0.39, 0.29) is 6.03 Å². The van der Waals surface area contributed by atoms with Crippen LogP contribution in [0.1, 0.15) is 11.1 Å².